The van der Waals surface area contributed by atoms with E-state index in [2.05, 4.69) is 9.05 Å². The number of esters is 1. The summed E-state index contributed by atoms with van der Waals surface area (Å²) in [6, 6.07) is 9.66. The SMILES string of the molecule is COP(=O)(OC)OC(C)=CC(=O)OCCc1ccccc1. The average molecular weight is 314 g/mol. The molecule has 0 spiro atoms. The second-order valence-electron chi connectivity index (χ2n) is 4.06. The van der Waals surface area contributed by atoms with E-state index >= 15 is 0 Å². The number of phosphoric acid groups is 1. The molecule has 0 saturated carbocycles. The molecule has 1 rings (SSSR count). The minimum absolute atomic E-state index is 0.0896. The Bertz CT molecular complexity index is 518. The molecule has 0 unspecified atom stereocenters. The molecule has 0 aliphatic heterocycles. The lowest BCUT2D eigenvalue weighted by Crippen LogP contribution is -2.06. The van der Waals surface area contributed by atoms with Crippen LogP contribution in [0, 0.1) is 0 Å². The van der Waals surface area contributed by atoms with Crippen molar-refractivity contribution in [2.75, 3.05) is 20.8 Å². The van der Waals surface area contributed by atoms with Crippen LogP contribution in [0.2, 0.25) is 0 Å². The molecule has 7 heteroatoms. The van der Waals surface area contributed by atoms with E-state index in [1.807, 2.05) is 30.3 Å². The summed E-state index contributed by atoms with van der Waals surface area (Å²) >= 11 is 0. The predicted molar refractivity (Wildman–Crippen MR) is 77.6 cm³/mol. The Morgan fingerprint density at radius 1 is 1.19 bits per heavy atom. The normalized spacial score (nSPS) is 12.0. The fraction of sp³-hybridized carbons (Fsp3) is 0.357. The van der Waals surface area contributed by atoms with Gasteiger partial charge in [0.05, 0.1) is 12.7 Å². The summed E-state index contributed by atoms with van der Waals surface area (Å²) in [6.07, 6.45) is 1.71. The molecule has 0 amide bonds. The van der Waals surface area contributed by atoms with Crippen LogP contribution in [0.4, 0.5) is 0 Å². The Morgan fingerprint density at radius 3 is 2.38 bits per heavy atom. The largest absolute Gasteiger partial charge is 0.529 e. The maximum atomic E-state index is 11.7. The third-order valence-electron chi connectivity index (χ3n) is 2.50. The molecular formula is C14H19O6P. The van der Waals surface area contributed by atoms with Crippen LogP contribution < -0.4 is 0 Å². The molecule has 1 aromatic rings. The smallest absolute Gasteiger partial charge is 0.462 e. The summed E-state index contributed by atoms with van der Waals surface area (Å²) < 4.78 is 30.8. The Morgan fingerprint density at radius 2 is 1.81 bits per heavy atom. The second kappa shape index (κ2) is 8.62. The standard InChI is InChI=1S/C14H19O6P/c1-12(20-21(16,17-2)18-3)11-14(15)19-10-9-13-7-5-4-6-8-13/h4-8,11H,9-10H2,1-3H3. The van der Waals surface area contributed by atoms with Crippen LogP contribution in [0.25, 0.3) is 0 Å². The van der Waals surface area contributed by atoms with Crippen molar-refractivity contribution < 1.29 is 27.7 Å². The van der Waals surface area contributed by atoms with Crippen molar-refractivity contribution in [2.45, 2.75) is 13.3 Å². The molecule has 0 atom stereocenters. The van der Waals surface area contributed by atoms with Crippen molar-refractivity contribution in [1.82, 2.24) is 0 Å². The van der Waals surface area contributed by atoms with Gasteiger partial charge in [-0.25, -0.2) is 9.36 Å². The van der Waals surface area contributed by atoms with Gasteiger partial charge in [0.25, 0.3) is 0 Å². The quantitative estimate of drug-likeness (QED) is 0.318. The maximum absolute atomic E-state index is 11.7. The molecule has 0 N–H and O–H groups in total. The number of allylic oxidation sites excluding steroid dienone is 1. The number of ether oxygens (including phenoxy) is 1. The van der Waals surface area contributed by atoms with Gasteiger partial charge in [-0.05, 0) is 12.5 Å². The summed E-state index contributed by atoms with van der Waals surface area (Å²) in [5.41, 5.74) is 1.07. The van der Waals surface area contributed by atoms with Gasteiger partial charge in [0, 0.05) is 20.6 Å². The number of benzene rings is 1. The molecule has 0 fully saturated rings. The summed E-state index contributed by atoms with van der Waals surface area (Å²) in [7, 11) is -1.26. The van der Waals surface area contributed by atoms with E-state index in [9.17, 15) is 9.36 Å². The zero-order chi connectivity index (χ0) is 15.7. The molecule has 0 aliphatic carbocycles. The third-order valence-corrected chi connectivity index (χ3v) is 3.91. The van der Waals surface area contributed by atoms with Gasteiger partial charge in [-0.1, -0.05) is 30.3 Å². The summed E-state index contributed by atoms with van der Waals surface area (Å²) in [5, 5.41) is 0. The maximum Gasteiger partial charge on any atom is 0.529 e. The minimum atomic E-state index is -3.64. The molecule has 0 heterocycles. The van der Waals surface area contributed by atoms with Gasteiger partial charge >= 0.3 is 13.8 Å². The van der Waals surface area contributed by atoms with Crippen molar-refractivity contribution in [3.05, 3.63) is 47.7 Å². The van der Waals surface area contributed by atoms with Gasteiger partial charge in [0.15, 0.2) is 0 Å². The second-order valence-corrected chi connectivity index (χ2v) is 5.87. The van der Waals surface area contributed by atoms with Crippen molar-refractivity contribution >= 4 is 13.8 Å². The summed E-state index contributed by atoms with van der Waals surface area (Å²) in [4.78, 5) is 11.6. The van der Waals surface area contributed by atoms with Crippen molar-refractivity contribution in [2.24, 2.45) is 0 Å². The number of phosphoric ester groups is 1. The molecular weight excluding hydrogens is 295 g/mol. The zero-order valence-electron chi connectivity index (χ0n) is 12.3. The molecule has 116 valence electrons. The van der Waals surface area contributed by atoms with Crippen LogP contribution in [0.3, 0.4) is 0 Å². The van der Waals surface area contributed by atoms with Crippen LogP contribution in [0.15, 0.2) is 42.2 Å². The molecule has 0 saturated heterocycles. The Labute approximate surface area is 124 Å². The number of hydrogen-bond acceptors (Lipinski definition) is 6. The fourth-order valence-corrected chi connectivity index (χ4v) is 2.18. The molecule has 0 aromatic heterocycles. The molecule has 1 aromatic carbocycles. The lowest BCUT2D eigenvalue weighted by molar-refractivity contribution is -0.137. The first kappa shape index (κ1) is 17.4. The monoisotopic (exact) mass is 314 g/mol. The summed E-state index contributed by atoms with van der Waals surface area (Å²) in [5.74, 6) is -0.492. The van der Waals surface area contributed by atoms with Crippen LogP contribution in [0.5, 0.6) is 0 Å². The van der Waals surface area contributed by atoms with E-state index in [4.69, 9.17) is 9.26 Å². The van der Waals surface area contributed by atoms with Crippen molar-refractivity contribution in [3.8, 4) is 0 Å². The Hall–Kier alpha value is -1.62. The zero-order valence-corrected chi connectivity index (χ0v) is 13.2. The van der Waals surface area contributed by atoms with Gasteiger partial charge in [-0.15, -0.1) is 0 Å². The minimum Gasteiger partial charge on any atom is -0.462 e. The van der Waals surface area contributed by atoms with Gasteiger partial charge in [-0.3, -0.25) is 9.05 Å². The van der Waals surface area contributed by atoms with Gasteiger partial charge in [-0.2, -0.15) is 0 Å². The molecule has 0 aliphatic rings. The molecule has 6 nitrogen and oxygen atoms in total. The lowest BCUT2D eigenvalue weighted by atomic mass is 10.2. The number of carbonyl (C=O) groups excluding carboxylic acids is 1. The van der Waals surface area contributed by atoms with Crippen molar-refractivity contribution in [1.29, 1.82) is 0 Å². The van der Waals surface area contributed by atoms with E-state index in [0.29, 0.717) is 6.42 Å². The number of rotatable bonds is 8. The number of carbonyl (C=O) groups is 1. The molecule has 21 heavy (non-hydrogen) atoms. The van der Waals surface area contributed by atoms with E-state index < -0.39 is 13.8 Å². The summed E-state index contributed by atoms with van der Waals surface area (Å²) in [6.45, 7) is 1.71. The number of hydrogen-bond donors (Lipinski definition) is 0. The van der Waals surface area contributed by atoms with E-state index in [1.165, 1.54) is 21.1 Å². The highest BCUT2D eigenvalue weighted by atomic mass is 31.2. The third kappa shape index (κ3) is 6.58. The van der Waals surface area contributed by atoms with E-state index in [1.54, 1.807) is 0 Å². The van der Waals surface area contributed by atoms with Gasteiger partial charge in [0.1, 0.15) is 5.76 Å². The lowest BCUT2D eigenvalue weighted by Gasteiger charge is -2.14. The molecule has 0 radical (unpaired) electrons. The highest BCUT2D eigenvalue weighted by Crippen LogP contribution is 2.49. The Balaban J connectivity index is 2.41. The van der Waals surface area contributed by atoms with Crippen molar-refractivity contribution in [3.63, 3.8) is 0 Å². The fourth-order valence-electron chi connectivity index (χ4n) is 1.47. The predicted octanol–water partition coefficient (Wildman–Crippen LogP) is 3.09. The molecule has 0 bridgehead atoms. The first-order valence-corrected chi connectivity index (χ1v) is 7.75. The van der Waals surface area contributed by atoms with Crippen LogP contribution >= 0.6 is 7.82 Å². The average Bonchev–Trinajstić information content (AvgIpc) is 2.48. The van der Waals surface area contributed by atoms with Gasteiger partial charge < -0.3 is 9.26 Å². The Kier molecular flexibility index (Phi) is 7.15. The van der Waals surface area contributed by atoms with E-state index in [0.717, 1.165) is 11.6 Å². The highest BCUT2D eigenvalue weighted by Gasteiger charge is 2.24. The van der Waals surface area contributed by atoms with Crippen LogP contribution in [-0.2, 0) is 34.1 Å². The van der Waals surface area contributed by atoms with Gasteiger partial charge in [0.2, 0.25) is 0 Å². The topological polar surface area (TPSA) is 71.1 Å². The first-order chi connectivity index (χ1) is 9.99. The van der Waals surface area contributed by atoms with E-state index in [-0.39, 0.29) is 12.4 Å². The highest BCUT2D eigenvalue weighted by molar-refractivity contribution is 7.48. The first-order valence-electron chi connectivity index (χ1n) is 6.29. The van der Waals surface area contributed by atoms with Crippen LogP contribution in [-0.4, -0.2) is 26.8 Å². The van der Waals surface area contributed by atoms with Crippen LogP contribution in [0.1, 0.15) is 12.5 Å².